The van der Waals surface area contributed by atoms with Gasteiger partial charge in [0.25, 0.3) is 0 Å². The highest BCUT2D eigenvalue weighted by atomic mass is 32.2. The minimum Gasteiger partial charge on any atom is -0.492 e. The highest BCUT2D eigenvalue weighted by Crippen LogP contribution is 2.39. The zero-order chi connectivity index (χ0) is 14.1. The van der Waals surface area contributed by atoms with Crippen molar-refractivity contribution in [3.05, 3.63) is 53.1 Å². The maximum absolute atomic E-state index is 6.09. The molecule has 0 bridgehead atoms. The summed E-state index contributed by atoms with van der Waals surface area (Å²) >= 11 is 1.92. The van der Waals surface area contributed by atoms with E-state index in [0.29, 0.717) is 5.92 Å². The van der Waals surface area contributed by atoms with Crippen molar-refractivity contribution in [1.82, 2.24) is 0 Å². The molecule has 0 aliphatic carbocycles. The van der Waals surface area contributed by atoms with Gasteiger partial charge in [0, 0.05) is 22.3 Å². The fourth-order valence-electron chi connectivity index (χ4n) is 2.76. The molecule has 1 aliphatic rings. The molecule has 0 amide bonds. The molecule has 0 fully saturated rings. The molecule has 2 N–H and O–H groups in total. The van der Waals surface area contributed by atoms with E-state index in [1.165, 1.54) is 10.5 Å². The second-order valence-corrected chi connectivity index (χ2v) is 6.40. The number of hydrogen-bond acceptors (Lipinski definition) is 3. The number of aryl methyl sites for hydroxylation is 2. The predicted molar refractivity (Wildman–Crippen MR) is 85.7 cm³/mol. The lowest BCUT2D eigenvalue weighted by Crippen LogP contribution is -2.11. The van der Waals surface area contributed by atoms with Crippen molar-refractivity contribution < 1.29 is 4.74 Å². The lowest BCUT2D eigenvalue weighted by molar-refractivity contribution is 0.294. The van der Waals surface area contributed by atoms with Gasteiger partial charge in [-0.25, -0.2) is 0 Å². The van der Waals surface area contributed by atoms with E-state index < -0.39 is 0 Å². The number of fused-ring (bicyclic) bond motifs is 1. The summed E-state index contributed by atoms with van der Waals surface area (Å²) in [6.07, 6.45) is 0. The molecular formula is C17H19NOS. The SMILES string of the molecule is Cc1cc(N)cc(C)c1OCC1CSc2ccccc21. The third-order valence-electron chi connectivity index (χ3n) is 3.71. The van der Waals surface area contributed by atoms with Crippen molar-refractivity contribution in [2.45, 2.75) is 24.7 Å². The number of hydrogen-bond donors (Lipinski definition) is 1. The fraction of sp³-hybridized carbons (Fsp3) is 0.294. The molecule has 0 saturated heterocycles. The molecule has 0 radical (unpaired) electrons. The zero-order valence-corrected chi connectivity index (χ0v) is 12.7. The lowest BCUT2D eigenvalue weighted by Gasteiger charge is -2.16. The van der Waals surface area contributed by atoms with E-state index in [1.807, 2.05) is 23.9 Å². The predicted octanol–water partition coefficient (Wildman–Crippen LogP) is 4.15. The Labute approximate surface area is 124 Å². The Hall–Kier alpha value is -1.61. The molecule has 1 heterocycles. The standard InChI is InChI=1S/C17H19NOS/c1-11-7-14(18)8-12(2)17(11)19-9-13-10-20-16-6-4-3-5-15(13)16/h3-8,13H,9-10,18H2,1-2H3. The molecule has 1 unspecified atom stereocenters. The van der Waals surface area contributed by atoms with Crippen LogP contribution in [0.15, 0.2) is 41.3 Å². The van der Waals surface area contributed by atoms with Crippen LogP contribution in [-0.2, 0) is 0 Å². The molecule has 0 aromatic heterocycles. The van der Waals surface area contributed by atoms with Gasteiger partial charge in [-0.1, -0.05) is 18.2 Å². The summed E-state index contributed by atoms with van der Waals surface area (Å²) in [6.45, 7) is 4.84. The van der Waals surface area contributed by atoms with Crippen molar-refractivity contribution in [1.29, 1.82) is 0 Å². The van der Waals surface area contributed by atoms with Crippen molar-refractivity contribution >= 4 is 17.4 Å². The summed E-state index contributed by atoms with van der Waals surface area (Å²) in [4.78, 5) is 1.40. The maximum atomic E-state index is 6.09. The van der Waals surface area contributed by atoms with E-state index in [-0.39, 0.29) is 0 Å². The molecule has 3 rings (SSSR count). The molecule has 2 aromatic carbocycles. The summed E-state index contributed by atoms with van der Waals surface area (Å²) in [5, 5.41) is 0. The van der Waals surface area contributed by atoms with Gasteiger partial charge in [0.15, 0.2) is 0 Å². The van der Waals surface area contributed by atoms with Crippen molar-refractivity contribution in [2.24, 2.45) is 0 Å². The monoisotopic (exact) mass is 285 g/mol. The molecule has 3 heteroatoms. The van der Waals surface area contributed by atoms with E-state index in [0.717, 1.165) is 34.9 Å². The van der Waals surface area contributed by atoms with Crippen LogP contribution in [0.1, 0.15) is 22.6 Å². The highest BCUT2D eigenvalue weighted by molar-refractivity contribution is 7.99. The van der Waals surface area contributed by atoms with Crippen LogP contribution in [0.25, 0.3) is 0 Å². The third-order valence-corrected chi connectivity index (χ3v) is 4.96. The van der Waals surface area contributed by atoms with Gasteiger partial charge in [-0.05, 0) is 48.7 Å². The summed E-state index contributed by atoms with van der Waals surface area (Å²) in [5.74, 6) is 2.56. The topological polar surface area (TPSA) is 35.2 Å². The molecule has 1 aliphatic heterocycles. The maximum Gasteiger partial charge on any atom is 0.125 e. The average Bonchev–Trinajstić information content (AvgIpc) is 2.81. The van der Waals surface area contributed by atoms with Gasteiger partial charge >= 0.3 is 0 Å². The van der Waals surface area contributed by atoms with E-state index in [4.69, 9.17) is 10.5 Å². The van der Waals surface area contributed by atoms with E-state index in [2.05, 4.69) is 38.1 Å². The van der Waals surface area contributed by atoms with Gasteiger partial charge < -0.3 is 10.5 Å². The quantitative estimate of drug-likeness (QED) is 0.860. The van der Waals surface area contributed by atoms with Crippen LogP contribution >= 0.6 is 11.8 Å². The van der Waals surface area contributed by atoms with Crippen LogP contribution in [0, 0.1) is 13.8 Å². The van der Waals surface area contributed by atoms with Crippen LogP contribution in [0.5, 0.6) is 5.75 Å². The second kappa shape index (κ2) is 5.41. The summed E-state index contributed by atoms with van der Waals surface area (Å²) in [5.41, 5.74) is 10.3. The van der Waals surface area contributed by atoms with Gasteiger partial charge in [-0.3, -0.25) is 0 Å². The highest BCUT2D eigenvalue weighted by Gasteiger charge is 2.23. The molecule has 0 saturated carbocycles. The Kier molecular flexibility index (Phi) is 3.62. The fourth-order valence-corrected chi connectivity index (χ4v) is 4.00. The normalized spacial score (nSPS) is 17.0. The second-order valence-electron chi connectivity index (χ2n) is 5.34. The first-order chi connectivity index (χ1) is 9.65. The Balaban J connectivity index is 1.76. The smallest absolute Gasteiger partial charge is 0.125 e. The molecule has 0 spiro atoms. The number of nitrogen functional groups attached to an aromatic ring is 1. The number of thioether (sulfide) groups is 1. The number of rotatable bonds is 3. The molecule has 2 aromatic rings. The summed E-state index contributed by atoms with van der Waals surface area (Å²) < 4.78 is 6.09. The minimum absolute atomic E-state index is 0.479. The zero-order valence-electron chi connectivity index (χ0n) is 11.8. The Morgan fingerprint density at radius 2 is 1.90 bits per heavy atom. The summed E-state index contributed by atoms with van der Waals surface area (Å²) in [7, 11) is 0. The number of ether oxygens (including phenoxy) is 1. The van der Waals surface area contributed by atoms with Crippen LogP contribution in [-0.4, -0.2) is 12.4 Å². The van der Waals surface area contributed by atoms with Crippen LogP contribution in [0.2, 0.25) is 0 Å². The van der Waals surface area contributed by atoms with Crippen LogP contribution in [0.4, 0.5) is 5.69 Å². The van der Waals surface area contributed by atoms with Gasteiger partial charge in [0.2, 0.25) is 0 Å². The van der Waals surface area contributed by atoms with Crippen molar-refractivity contribution in [3.8, 4) is 5.75 Å². The Morgan fingerprint density at radius 3 is 2.65 bits per heavy atom. The van der Waals surface area contributed by atoms with Gasteiger partial charge in [-0.15, -0.1) is 11.8 Å². The van der Waals surface area contributed by atoms with Crippen molar-refractivity contribution in [3.63, 3.8) is 0 Å². The molecule has 20 heavy (non-hydrogen) atoms. The van der Waals surface area contributed by atoms with Gasteiger partial charge in [0.1, 0.15) is 5.75 Å². The number of anilines is 1. The van der Waals surface area contributed by atoms with Gasteiger partial charge in [-0.2, -0.15) is 0 Å². The van der Waals surface area contributed by atoms with Crippen molar-refractivity contribution in [2.75, 3.05) is 18.1 Å². The molecule has 1 atom stereocenters. The minimum atomic E-state index is 0.479. The van der Waals surface area contributed by atoms with Crippen LogP contribution in [0.3, 0.4) is 0 Å². The Bertz CT molecular complexity index is 616. The first kappa shape index (κ1) is 13.4. The average molecular weight is 285 g/mol. The molecule has 104 valence electrons. The number of nitrogens with two attached hydrogens (primary N) is 1. The third kappa shape index (κ3) is 2.50. The van der Waals surface area contributed by atoms with Gasteiger partial charge in [0.05, 0.1) is 6.61 Å². The number of benzene rings is 2. The van der Waals surface area contributed by atoms with Crippen LogP contribution < -0.4 is 10.5 Å². The van der Waals surface area contributed by atoms with E-state index in [9.17, 15) is 0 Å². The summed E-state index contributed by atoms with van der Waals surface area (Å²) in [6, 6.07) is 12.6. The molecular weight excluding hydrogens is 266 g/mol. The van der Waals surface area contributed by atoms with E-state index in [1.54, 1.807) is 0 Å². The van der Waals surface area contributed by atoms with E-state index >= 15 is 0 Å². The molecule has 2 nitrogen and oxygen atoms in total. The first-order valence-electron chi connectivity index (χ1n) is 6.86. The Morgan fingerprint density at radius 1 is 1.20 bits per heavy atom. The first-order valence-corrected chi connectivity index (χ1v) is 7.85. The lowest BCUT2D eigenvalue weighted by atomic mass is 10.0. The largest absolute Gasteiger partial charge is 0.492 e.